The topological polar surface area (TPSA) is 130 Å². The fourth-order valence-corrected chi connectivity index (χ4v) is 4.87. The van der Waals surface area contributed by atoms with Crippen LogP contribution in [0.1, 0.15) is 34.5 Å². The molecule has 10 nitrogen and oxygen atoms in total. The number of aliphatic hydroxyl groups is 2. The van der Waals surface area contributed by atoms with Gasteiger partial charge in [0.05, 0.1) is 39.6 Å². The molecule has 1 aliphatic heterocycles. The molecule has 2 heterocycles. The van der Waals surface area contributed by atoms with Gasteiger partial charge >= 0.3 is 0 Å². The van der Waals surface area contributed by atoms with Gasteiger partial charge in [-0.05, 0) is 67.4 Å². The summed E-state index contributed by atoms with van der Waals surface area (Å²) in [5.74, 6) is 0.379. The summed E-state index contributed by atoms with van der Waals surface area (Å²) < 4.78 is 30.3. The average molecular weight is 582 g/mol. The molecule has 1 atom stereocenters. The first-order valence-electron chi connectivity index (χ1n) is 13.7. The van der Waals surface area contributed by atoms with Gasteiger partial charge in [-0.25, -0.2) is 9.37 Å². The number of pyridine rings is 1. The molecule has 1 aliphatic rings. The lowest BCUT2D eigenvalue weighted by molar-refractivity contribution is -0.136. The number of carbonyl (C=O) groups excluding carboxylic acids is 2. The quantitative estimate of drug-likeness (QED) is 0.261. The predicted octanol–water partition coefficient (Wildman–Crippen LogP) is 2.87. The molecular formula is C31H36FN3O7. The first-order valence-corrected chi connectivity index (χ1v) is 13.7. The van der Waals surface area contributed by atoms with Gasteiger partial charge in [-0.3, -0.25) is 9.59 Å². The molecule has 2 aromatic carbocycles. The van der Waals surface area contributed by atoms with Crippen molar-refractivity contribution < 1.29 is 38.4 Å². The van der Waals surface area contributed by atoms with Crippen molar-refractivity contribution in [1.29, 1.82) is 0 Å². The number of amides is 1. The van der Waals surface area contributed by atoms with Gasteiger partial charge in [-0.2, -0.15) is 0 Å². The maximum Gasteiger partial charge on any atom is 0.236 e. The van der Waals surface area contributed by atoms with Gasteiger partial charge in [-0.1, -0.05) is 0 Å². The third-order valence-corrected chi connectivity index (χ3v) is 7.23. The van der Waals surface area contributed by atoms with Crippen LogP contribution in [-0.2, 0) is 10.4 Å². The van der Waals surface area contributed by atoms with Crippen LogP contribution in [0.3, 0.4) is 0 Å². The van der Waals surface area contributed by atoms with Crippen molar-refractivity contribution >= 4 is 11.7 Å². The fraction of sp³-hybridized carbons (Fsp3) is 0.387. The molecule has 0 radical (unpaired) electrons. The minimum absolute atomic E-state index is 0.0324. The van der Waals surface area contributed by atoms with Crippen molar-refractivity contribution in [2.24, 2.45) is 0 Å². The maximum atomic E-state index is 14.0. The van der Waals surface area contributed by atoms with Gasteiger partial charge < -0.3 is 34.6 Å². The summed E-state index contributed by atoms with van der Waals surface area (Å²) in [7, 11) is 2.95. The molecule has 0 bridgehead atoms. The van der Waals surface area contributed by atoms with Gasteiger partial charge in [0.25, 0.3) is 0 Å². The molecule has 3 aromatic rings. The van der Waals surface area contributed by atoms with E-state index < -0.39 is 5.60 Å². The lowest BCUT2D eigenvalue weighted by Gasteiger charge is -2.36. The summed E-state index contributed by atoms with van der Waals surface area (Å²) in [5.41, 5.74) is 0.348. The molecule has 1 unspecified atom stereocenters. The maximum absolute atomic E-state index is 14.0. The van der Waals surface area contributed by atoms with E-state index in [1.54, 1.807) is 54.3 Å². The summed E-state index contributed by atoms with van der Waals surface area (Å²) >= 11 is 0. The summed E-state index contributed by atoms with van der Waals surface area (Å²) in [6, 6.07) is 12.6. The van der Waals surface area contributed by atoms with E-state index in [1.807, 2.05) is 0 Å². The molecule has 1 fully saturated rings. The zero-order valence-corrected chi connectivity index (χ0v) is 24.0. The standard InChI is InChI=1S/C31H36FN3O7/c1-20-16-22(4-6-23(20)32)30-26(40-2)8-9-28(34-30)31(39,19-35-13-12-33-18-29(35)38)11-10-24(37)21-5-7-25(42-15-14-36)27(17-21)41-3/h4-9,16-17,33,36,39H,10-15,18-19H2,1-3H3. The zero-order chi connectivity index (χ0) is 30.3. The minimum atomic E-state index is -1.69. The van der Waals surface area contributed by atoms with Crippen molar-refractivity contribution in [2.45, 2.75) is 25.4 Å². The number of aromatic nitrogens is 1. The molecule has 0 saturated carbocycles. The van der Waals surface area contributed by atoms with E-state index in [9.17, 15) is 19.1 Å². The normalized spacial score (nSPS) is 14.8. The van der Waals surface area contributed by atoms with Crippen LogP contribution in [0, 0.1) is 12.7 Å². The van der Waals surface area contributed by atoms with Gasteiger partial charge in [-0.15, -0.1) is 0 Å². The number of halogens is 1. The Bertz CT molecular complexity index is 1430. The Kier molecular flexibility index (Phi) is 10.1. The second-order valence-corrected chi connectivity index (χ2v) is 10.1. The molecule has 11 heteroatoms. The van der Waals surface area contributed by atoms with Gasteiger partial charge in [0.15, 0.2) is 17.3 Å². The third-order valence-electron chi connectivity index (χ3n) is 7.23. The number of methoxy groups -OCH3 is 2. The van der Waals surface area contributed by atoms with Crippen molar-refractivity contribution in [3.63, 3.8) is 0 Å². The highest BCUT2D eigenvalue weighted by Crippen LogP contribution is 2.35. The van der Waals surface area contributed by atoms with Crippen LogP contribution < -0.4 is 19.5 Å². The first kappa shape index (κ1) is 30.9. The van der Waals surface area contributed by atoms with E-state index >= 15 is 0 Å². The Hall–Kier alpha value is -4.06. The molecule has 4 rings (SSSR count). The molecule has 1 amide bonds. The van der Waals surface area contributed by atoms with Crippen molar-refractivity contribution in [3.05, 3.63) is 71.2 Å². The second-order valence-electron chi connectivity index (χ2n) is 10.1. The number of hydrogen-bond donors (Lipinski definition) is 3. The van der Waals surface area contributed by atoms with Gasteiger partial charge in [0.1, 0.15) is 29.5 Å². The van der Waals surface area contributed by atoms with Crippen LogP contribution in [-0.4, -0.2) is 85.4 Å². The largest absolute Gasteiger partial charge is 0.494 e. The molecule has 0 spiro atoms. The molecule has 224 valence electrons. The number of ether oxygens (including phenoxy) is 3. The number of benzene rings is 2. The highest BCUT2D eigenvalue weighted by Gasteiger charge is 2.37. The molecule has 3 N–H and O–H groups in total. The predicted molar refractivity (Wildman–Crippen MR) is 153 cm³/mol. The molecule has 1 saturated heterocycles. The van der Waals surface area contributed by atoms with Crippen LogP contribution in [0.2, 0.25) is 0 Å². The molecule has 0 aliphatic carbocycles. The van der Waals surface area contributed by atoms with Crippen LogP contribution in [0.5, 0.6) is 17.2 Å². The minimum Gasteiger partial charge on any atom is -0.494 e. The van der Waals surface area contributed by atoms with E-state index in [2.05, 4.69) is 5.32 Å². The molecule has 42 heavy (non-hydrogen) atoms. The number of piperazine rings is 1. The Labute approximate surface area is 244 Å². The first-order chi connectivity index (χ1) is 20.2. The lowest BCUT2D eigenvalue weighted by atomic mass is 9.89. The van der Waals surface area contributed by atoms with E-state index in [0.29, 0.717) is 52.7 Å². The van der Waals surface area contributed by atoms with E-state index in [1.165, 1.54) is 20.3 Å². The Morgan fingerprint density at radius 1 is 1.10 bits per heavy atom. The number of rotatable bonds is 13. The smallest absolute Gasteiger partial charge is 0.236 e. The van der Waals surface area contributed by atoms with E-state index in [4.69, 9.17) is 24.3 Å². The number of ketones is 1. The highest BCUT2D eigenvalue weighted by molar-refractivity contribution is 5.96. The number of β-amino-alcohol motifs (C(OH)–C–C–N with tert-alkyl or cyclic N) is 1. The van der Waals surface area contributed by atoms with Crippen molar-refractivity contribution in [3.8, 4) is 28.5 Å². The Morgan fingerprint density at radius 2 is 1.86 bits per heavy atom. The van der Waals surface area contributed by atoms with E-state index in [-0.39, 0.29) is 62.3 Å². The third kappa shape index (κ3) is 7.04. The zero-order valence-electron chi connectivity index (χ0n) is 24.0. The Balaban J connectivity index is 1.67. The number of carbonyl (C=O) groups is 2. The molecular weight excluding hydrogens is 545 g/mol. The summed E-state index contributed by atoms with van der Waals surface area (Å²) in [5, 5.41) is 24.2. The fourth-order valence-electron chi connectivity index (χ4n) is 4.87. The lowest BCUT2D eigenvalue weighted by Crippen LogP contribution is -2.53. The molecule has 1 aromatic heterocycles. The number of Topliss-reactive ketones (excluding diaryl/α,β-unsaturated/α-hetero) is 1. The van der Waals surface area contributed by atoms with E-state index in [0.717, 1.165) is 0 Å². The number of nitrogens with zero attached hydrogens (tertiary/aromatic N) is 2. The van der Waals surface area contributed by atoms with Crippen LogP contribution in [0.15, 0.2) is 48.5 Å². The SMILES string of the molecule is COc1cc(C(=O)CCC(O)(CN2CCNCC2=O)c2ccc(OC)c(-c3ccc(F)c(C)c3)n2)ccc1OCCO. The van der Waals surface area contributed by atoms with Gasteiger partial charge in [0, 0.05) is 30.6 Å². The van der Waals surface area contributed by atoms with Crippen LogP contribution in [0.4, 0.5) is 4.39 Å². The Morgan fingerprint density at radius 3 is 2.55 bits per heavy atom. The second kappa shape index (κ2) is 13.7. The number of aryl methyl sites for hydroxylation is 1. The number of aliphatic hydroxyl groups excluding tert-OH is 1. The van der Waals surface area contributed by atoms with Crippen molar-refractivity contribution in [1.82, 2.24) is 15.2 Å². The van der Waals surface area contributed by atoms with Crippen molar-refractivity contribution in [2.75, 3.05) is 53.6 Å². The van der Waals surface area contributed by atoms with Gasteiger partial charge in [0.2, 0.25) is 5.91 Å². The number of hydrogen-bond acceptors (Lipinski definition) is 9. The summed E-state index contributed by atoms with van der Waals surface area (Å²) in [6.07, 6.45) is -0.0924. The summed E-state index contributed by atoms with van der Waals surface area (Å²) in [4.78, 5) is 32.3. The number of nitrogens with one attached hydrogen (secondary N) is 1. The monoisotopic (exact) mass is 581 g/mol. The highest BCUT2D eigenvalue weighted by atomic mass is 19.1. The van der Waals surface area contributed by atoms with Crippen LogP contribution in [0.25, 0.3) is 11.3 Å². The summed E-state index contributed by atoms with van der Waals surface area (Å²) in [6.45, 7) is 2.60. The van der Waals surface area contributed by atoms with Crippen LogP contribution >= 0.6 is 0 Å². The average Bonchev–Trinajstić information content (AvgIpc) is 3.01.